The van der Waals surface area contributed by atoms with Gasteiger partial charge in [0.25, 0.3) is 0 Å². The standard InChI is InChI=1S/C19H33N3O/c1-18(2,3)16-7-8-17(20-15-16)22-11-9-21(10-12-22)13-14-23-19(4,5)6/h7-8,15H,9-14H2,1-6H3. The van der Waals surface area contributed by atoms with E-state index in [-0.39, 0.29) is 11.0 Å². The molecule has 0 amide bonds. The highest BCUT2D eigenvalue weighted by Gasteiger charge is 2.20. The molecule has 0 saturated carbocycles. The number of hydrogen-bond acceptors (Lipinski definition) is 4. The van der Waals surface area contributed by atoms with Gasteiger partial charge in [-0.25, -0.2) is 4.98 Å². The molecule has 1 fully saturated rings. The third-order valence-corrected chi connectivity index (χ3v) is 4.25. The molecule has 1 aliphatic rings. The normalized spacial score (nSPS) is 17.6. The number of anilines is 1. The van der Waals surface area contributed by atoms with E-state index in [1.54, 1.807) is 0 Å². The number of piperazine rings is 1. The highest BCUT2D eigenvalue weighted by Crippen LogP contribution is 2.23. The van der Waals surface area contributed by atoms with Crippen molar-refractivity contribution in [3.63, 3.8) is 0 Å². The van der Waals surface area contributed by atoms with Crippen molar-refractivity contribution in [1.82, 2.24) is 9.88 Å². The minimum Gasteiger partial charge on any atom is -0.375 e. The second kappa shape index (κ2) is 7.18. The monoisotopic (exact) mass is 319 g/mol. The number of rotatable bonds is 4. The van der Waals surface area contributed by atoms with Crippen LogP contribution in [0.3, 0.4) is 0 Å². The van der Waals surface area contributed by atoms with Crippen LogP contribution >= 0.6 is 0 Å². The first-order valence-electron chi connectivity index (χ1n) is 8.73. The van der Waals surface area contributed by atoms with Crippen molar-refractivity contribution in [3.05, 3.63) is 23.9 Å². The molecule has 0 atom stereocenters. The zero-order chi connectivity index (χ0) is 17.1. The van der Waals surface area contributed by atoms with E-state index >= 15 is 0 Å². The maximum atomic E-state index is 5.82. The van der Waals surface area contributed by atoms with Crippen LogP contribution in [-0.2, 0) is 10.2 Å². The van der Waals surface area contributed by atoms with Crippen LogP contribution in [0.1, 0.15) is 47.1 Å². The molecule has 2 heterocycles. The van der Waals surface area contributed by atoms with Crippen LogP contribution in [0.15, 0.2) is 18.3 Å². The van der Waals surface area contributed by atoms with Crippen molar-refractivity contribution in [2.75, 3.05) is 44.2 Å². The summed E-state index contributed by atoms with van der Waals surface area (Å²) in [5, 5.41) is 0. The Labute approximate surface area is 141 Å². The van der Waals surface area contributed by atoms with Crippen LogP contribution in [0.2, 0.25) is 0 Å². The van der Waals surface area contributed by atoms with E-state index in [1.807, 2.05) is 6.20 Å². The van der Waals surface area contributed by atoms with Crippen LogP contribution in [0.5, 0.6) is 0 Å². The lowest BCUT2D eigenvalue weighted by atomic mass is 9.88. The maximum absolute atomic E-state index is 5.82. The molecule has 1 aromatic heterocycles. The molecule has 0 N–H and O–H groups in total. The van der Waals surface area contributed by atoms with E-state index in [2.05, 4.69) is 68.5 Å². The molecule has 1 aromatic rings. The van der Waals surface area contributed by atoms with Gasteiger partial charge in [0.2, 0.25) is 0 Å². The van der Waals surface area contributed by atoms with E-state index < -0.39 is 0 Å². The molecule has 2 rings (SSSR count). The third kappa shape index (κ3) is 5.78. The fourth-order valence-electron chi connectivity index (χ4n) is 2.70. The van der Waals surface area contributed by atoms with Crippen LogP contribution in [0.25, 0.3) is 0 Å². The first kappa shape index (κ1) is 18.2. The number of pyridine rings is 1. The highest BCUT2D eigenvalue weighted by molar-refractivity contribution is 5.41. The lowest BCUT2D eigenvalue weighted by Crippen LogP contribution is -2.47. The molecule has 4 heteroatoms. The number of hydrogen-bond donors (Lipinski definition) is 0. The van der Waals surface area contributed by atoms with Gasteiger partial charge in [-0.05, 0) is 37.8 Å². The third-order valence-electron chi connectivity index (χ3n) is 4.25. The average Bonchev–Trinajstić information content (AvgIpc) is 2.46. The highest BCUT2D eigenvalue weighted by atomic mass is 16.5. The van der Waals surface area contributed by atoms with Gasteiger partial charge in [-0.1, -0.05) is 26.8 Å². The van der Waals surface area contributed by atoms with Crippen molar-refractivity contribution < 1.29 is 4.74 Å². The van der Waals surface area contributed by atoms with Gasteiger partial charge in [0, 0.05) is 38.9 Å². The summed E-state index contributed by atoms with van der Waals surface area (Å²) in [6.07, 6.45) is 2.03. The van der Waals surface area contributed by atoms with E-state index in [0.29, 0.717) is 0 Å². The Hall–Kier alpha value is -1.13. The molecule has 0 aromatic carbocycles. The fraction of sp³-hybridized carbons (Fsp3) is 0.737. The zero-order valence-corrected chi connectivity index (χ0v) is 15.7. The summed E-state index contributed by atoms with van der Waals surface area (Å²) in [5.41, 5.74) is 1.41. The molecule has 0 radical (unpaired) electrons. The van der Waals surface area contributed by atoms with Crippen molar-refractivity contribution in [3.8, 4) is 0 Å². The Bertz CT molecular complexity index is 477. The van der Waals surface area contributed by atoms with Crippen molar-refractivity contribution >= 4 is 5.82 Å². The number of aromatic nitrogens is 1. The summed E-state index contributed by atoms with van der Waals surface area (Å²) < 4.78 is 5.82. The van der Waals surface area contributed by atoms with Crippen molar-refractivity contribution in [2.24, 2.45) is 0 Å². The topological polar surface area (TPSA) is 28.6 Å². The lowest BCUT2D eigenvalue weighted by Gasteiger charge is -2.36. The molecular weight excluding hydrogens is 286 g/mol. The zero-order valence-electron chi connectivity index (χ0n) is 15.7. The Balaban J connectivity index is 1.80. The second-order valence-corrected chi connectivity index (χ2v) is 8.44. The fourth-order valence-corrected chi connectivity index (χ4v) is 2.70. The van der Waals surface area contributed by atoms with Gasteiger partial charge >= 0.3 is 0 Å². The molecule has 23 heavy (non-hydrogen) atoms. The summed E-state index contributed by atoms with van der Waals surface area (Å²) in [5.74, 6) is 1.10. The van der Waals surface area contributed by atoms with Gasteiger partial charge in [-0.3, -0.25) is 4.90 Å². The van der Waals surface area contributed by atoms with Crippen LogP contribution in [0, 0.1) is 0 Å². The molecule has 130 valence electrons. The Kier molecular flexibility index (Phi) is 5.69. The predicted octanol–water partition coefficient (Wildman–Crippen LogP) is 3.32. The minimum atomic E-state index is -0.0411. The van der Waals surface area contributed by atoms with Gasteiger partial charge in [-0.15, -0.1) is 0 Å². The van der Waals surface area contributed by atoms with E-state index in [0.717, 1.165) is 45.1 Å². The molecule has 0 unspecified atom stereocenters. The Morgan fingerprint density at radius 2 is 1.65 bits per heavy atom. The Morgan fingerprint density at radius 1 is 1.00 bits per heavy atom. The summed E-state index contributed by atoms with van der Waals surface area (Å²) in [4.78, 5) is 9.53. The van der Waals surface area contributed by atoms with Crippen molar-refractivity contribution in [1.29, 1.82) is 0 Å². The molecule has 0 aliphatic carbocycles. The summed E-state index contributed by atoms with van der Waals surface area (Å²) >= 11 is 0. The molecule has 4 nitrogen and oxygen atoms in total. The average molecular weight is 319 g/mol. The van der Waals surface area contributed by atoms with Gasteiger partial charge in [0.05, 0.1) is 12.2 Å². The molecular formula is C19H33N3O. The first-order chi connectivity index (χ1) is 10.6. The molecule has 1 aliphatic heterocycles. The minimum absolute atomic E-state index is 0.0411. The predicted molar refractivity (Wildman–Crippen MR) is 97.3 cm³/mol. The van der Waals surface area contributed by atoms with Gasteiger partial charge < -0.3 is 9.64 Å². The summed E-state index contributed by atoms with van der Waals surface area (Å²) in [7, 11) is 0. The van der Waals surface area contributed by atoms with Crippen LogP contribution in [0.4, 0.5) is 5.82 Å². The SMILES string of the molecule is CC(C)(C)OCCN1CCN(c2ccc(C(C)(C)C)cn2)CC1. The lowest BCUT2D eigenvalue weighted by molar-refractivity contribution is -0.0135. The van der Waals surface area contributed by atoms with E-state index in [9.17, 15) is 0 Å². The van der Waals surface area contributed by atoms with Gasteiger partial charge in [-0.2, -0.15) is 0 Å². The quantitative estimate of drug-likeness (QED) is 0.851. The van der Waals surface area contributed by atoms with Crippen LogP contribution in [-0.4, -0.2) is 54.8 Å². The number of ether oxygens (including phenoxy) is 1. The largest absolute Gasteiger partial charge is 0.375 e. The van der Waals surface area contributed by atoms with E-state index in [1.165, 1.54) is 5.56 Å². The van der Waals surface area contributed by atoms with Crippen LogP contribution < -0.4 is 4.90 Å². The summed E-state index contributed by atoms with van der Waals surface area (Å²) in [6.45, 7) is 19.1. The maximum Gasteiger partial charge on any atom is 0.128 e. The first-order valence-corrected chi connectivity index (χ1v) is 8.73. The summed E-state index contributed by atoms with van der Waals surface area (Å²) in [6, 6.07) is 4.38. The molecule has 0 spiro atoms. The molecule has 1 saturated heterocycles. The second-order valence-electron chi connectivity index (χ2n) is 8.44. The van der Waals surface area contributed by atoms with E-state index in [4.69, 9.17) is 4.74 Å². The molecule has 0 bridgehead atoms. The van der Waals surface area contributed by atoms with Crippen molar-refractivity contribution in [2.45, 2.75) is 52.6 Å². The smallest absolute Gasteiger partial charge is 0.128 e. The number of nitrogens with zero attached hydrogens (tertiary/aromatic N) is 3. The van der Waals surface area contributed by atoms with Gasteiger partial charge in [0.15, 0.2) is 0 Å². The van der Waals surface area contributed by atoms with Gasteiger partial charge in [0.1, 0.15) is 5.82 Å². The Morgan fingerprint density at radius 3 is 2.13 bits per heavy atom.